The van der Waals surface area contributed by atoms with E-state index >= 15 is 0 Å². The van der Waals surface area contributed by atoms with E-state index in [1.807, 2.05) is 72.8 Å². The Bertz CT molecular complexity index is 1870. The molecule has 8 atom stereocenters. The van der Waals surface area contributed by atoms with Crippen LogP contribution >= 0.6 is 0 Å². The Kier molecular flexibility index (Phi) is 12.0. The summed E-state index contributed by atoms with van der Waals surface area (Å²) >= 11 is 0. The maximum Gasteiger partial charge on any atom is 0.509 e. The Morgan fingerprint density at radius 3 is 1.42 bits per heavy atom. The standard InChI is InChI=1S/C45H54O10Si2/c1-44(2,3)56(31-19-11-7-12-20-31,32-21-13-8-14-22-32)50-29-36-39(35(46)27-28-49-36)53-42-38(47)41-40(54-43(48)55-41)37(52-42)30-51-57(45(4,5)6,33-23-15-9-16-24-33)34-25-17-10-18-26-34/h7-28,35-42,46-47H,29-30H2,1-6H3/t35-,36-,37-,38-,39+,40+,41-,42+/m1/s1. The minimum atomic E-state index is -3.04. The molecule has 12 heteroatoms. The van der Waals surface area contributed by atoms with Crippen LogP contribution in [0.3, 0.4) is 0 Å². The lowest BCUT2D eigenvalue weighted by Crippen LogP contribution is -2.68. The average molecular weight is 811 g/mol. The van der Waals surface area contributed by atoms with Gasteiger partial charge in [-0.25, -0.2) is 4.79 Å². The molecule has 2 saturated heterocycles. The van der Waals surface area contributed by atoms with E-state index in [0.29, 0.717) is 0 Å². The highest BCUT2D eigenvalue weighted by atomic mass is 28.4. The third kappa shape index (κ3) is 7.89. The van der Waals surface area contributed by atoms with Crippen LogP contribution in [-0.2, 0) is 32.5 Å². The van der Waals surface area contributed by atoms with E-state index in [1.54, 1.807) is 0 Å². The predicted octanol–water partition coefficient (Wildman–Crippen LogP) is 4.79. The summed E-state index contributed by atoms with van der Waals surface area (Å²) in [5, 5.41) is 26.8. The molecule has 0 spiro atoms. The molecule has 2 fully saturated rings. The van der Waals surface area contributed by atoms with Gasteiger partial charge in [-0.3, -0.25) is 0 Å². The Balaban J connectivity index is 1.17. The fourth-order valence-corrected chi connectivity index (χ4v) is 17.8. The van der Waals surface area contributed by atoms with Gasteiger partial charge in [-0.2, -0.15) is 0 Å². The number of hydrogen-bond donors (Lipinski definition) is 2. The van der Waals surface area contributed by atoms with Crippen LogP contribution < -0.4 is 20.7 Å². The second kappa shape index (κ2) is 16.6. The second-order valence-electron chi connectivity index (χ2n) is 17.0. The van der Waals surface area contributed by atoms with Crippen molar-refractivity contribution in [1.82, 2.24) is 0 Å². The van der Waals surface area contributed by atoms with Gasteiger partial charge in [0.2, 0.25) is 0 Å². The highest BCUT2D eigenvalue weighted by molar-refractivity contribution is 7.00. The van der Waals surface area contributed by atoms with Gasteiger partial charge in [0.05, 0.1) is 19.5 Å². The van der Waals surface area contributed by atoms with Crippen LogP contribution in [-0.4, -0.2) is 95.2 Å². The molecule has 4 aromatic carbocycles. The van der Waals surface area contributed by atoms with Crippen molar-refractivity contribution in [3.05, 3.63) is 134 Å². The SMILES string of the molecule is CC(C)(C)[Si](OC[C@H]1O[C@@H](O[C@H]2[C@H](O)C=CO[C@@H]2CO[Si](c2ccccc2)(c2ccccc2)C(C)(C)C)[C@H](O)[C@H]2OC(=O)O[C@H]21)(c1ccccc1)c1ccccc1. The molecule has 0 unspecified atom stereocenters. The minimum absolute atomic E-state index is 0.00167. The normalized spacial score (nSPS) is 26.6. The number of aliphatic hydroxyl groups is 2. The first-order valence-corrected chi connectivity index (χ1v) is 23.4. The van der Waals surface area contributed by atoms with Crippen LogP contribution in [0.15, 0.2) is 134 Å². The lowest BCUT2D eigenvalue weighted by molar-refractivity contribution is -0.309. The summed E-state index contributed by atoms with van der Waals surface area (Å²) in [6.45, 7) is 13.1. The van der Waals surface area contributed by atoms with Gasteiger partial charge >= 0.3 is 6.16 Å². The van der Waals surface area contributed by atoms with Crippen molar-refractivity contribution in [3.8, 4) is 0 Å². The number of carbonyl (C=O) groups is 1. The zero-order valence-electron chi connectivity index (χ0n) is 33.4. The molecule has 0 bridgehead atoms. The molecule has 302 valence electrons. The summed E-state index contributed by atoms with van der Waals surface area (Å²) in [5.41, 5.74) is 0. The lowest BCUT2D eigenvalue weighted by atomic mass is 9.99. The van der Waals surface area contributed by atoms with E-state index in [2.05, 4.69) is 90.1 Å². The highest BCUT2D eigenvalue weighted by Crippen LogP contribution is 2.40. The van der Waals surface area contributed by atoms with E-state index < -0.39 is 71.8 Å². The minimum Gasteiger partial charge on any atom is -0.493 e. The molecule has 0 saturated carbocycles. The third-order valence-electron chi connectivity index (χ3n) is 11.4. The molecule has 3 heterocycles. The monoisotopic (exact) mass is 810 g/mol. The summed E-state index contributed by atoms with van der Waals surface area (Å²) < 4.78 is 44.7. The van der Waals surface area contributed by atoms with Gasteiger partial charge in [0.25, 0.3) is 16.6 Å². The largest absolute Gasteiger partial charge is 0.509 e. The van der Waals surface area contributed by atoms with Crippen LogP contribution in [0.5, 0.6) is 0 Å². The fraction of sp³-hybridized carbons (Fsp3) is 0.400. The molecular weight excluding hydrogens is 757 g/mol. The Labute approximate surface area is 337 Å². The van der Waals surface area contributed by atoms with E-state index in [9.17, 15) is 15.0 Å². The Morgan fingerprint density at radius 1 is 0.596 bits per heavy atom. The average Bonchev–Trinajstić information content (AvgIpc) is 3.60. The summed E-state index contributed by atoms with van der Waals surface area (Å²) in [6, 6.07) is 40.9. The molecular formula is C45H54O10Si2. The van der Waals surface area contributed by atoms with Crippen LogP contribution in [0.2, 0.25) is 10.1 Å². The summed E-state index contributed by atoms with van der Waals surface area (Å²) in [6.07, 6.45) is -6.68. The predicted molar refractivity (Wildman–Crippen MR) is 222 cm³/mol. The molecule has 4 aromatic rings. The van der Waals surface area contributed by atoms with Gasteiger partial charge in [0, 0.05) is 0 Å². The first-order chi connectivity index (χ1) is 27.3. The number of ether oxygens (including phenoxy) is 5. The van der Waals surface area contributed by atoms with Gasteiger partial charge in [0.15, 0.2) is 18.5 Å². The first kappa shape index (κ1) is 41.1. The van der Waals surface area contributed by atoms with Gasteiger partial charge < -0.3 is 42.7 Å². The molecule has 3 aliphatic rings. The van der Waals surface area contributed by atoms with Crippen LogP contribution in [0.25, 0.3) is 0 Å². The summed E-state index contributed by atoms with van der Waals surface area (Å²) in [4.78, 5) is 12.6. The van der Waals surface area contributed by atoms with Crippen LogP contribution in [0.1, 0.15) is 41.5 Å². The molecule has 7 rings (SSSR count). The number of carbonyl (C=O) groups excluding carboxylic acids is 1. The number of aliphatic hydroxyl groups excluding tert-OH is 2. The zero-order chi connectivity index (χ0) is 40.4. The maximum absolute atomic E-state index is 12.6. The van der Waals surface area contributed by atoms with Crippen molar-refractivity contribution in [1.29, 1.82) is 0 Å². The van der Waals surface area contributed by atoms with Crippen molar-refractivity contribution in [3.63, 3.8) is 0 Å². The van der Waals surface area contributed by atoms with E-state index in [0.717, 1.165) is 20.7 Å². The molecule has 3 aliphatic heterocycles. The van der Waals surface area contributed by atoms with Crippen molar-refractivity contribution >= 4 is 43.5 Å². The molecule has 0 amide bonds. The molecule has 10 nitrogen and oxygen atoms in total. The highest BCUT2D eigenvalue weighted by Gasteiger charge is 2.58. The van der Waals surface area contributed by atoms with E-state index in [1.165, 1.54) is 12.3 Å². The molecule has 0 aliphatic carbocycles. The van der Waals surface area contributed by atoms with Crippen molar-refractivity contribution in [2.75, 3.05) is 13.2 Å². The molecule has 0 radical (unpaired) electrons. The van der Waals surface area contributed by atoms with Gasteiger partial charge in [-0.05, 0) is 36.9 Å². The van der Waals surface area contributed by atoms with Gasteiger partial charge in [0.1, 0.15) is 30.5 Å². The van der Waals surface area contributed by atoms with E-state index in [4.69, 9.17) is 32.5 Å². The van der Waals surface area contributed by atoms with Crippen LogP contribution in [0, 0.1) is 0 Å². The molecule has 2 N–H and O–H groups in total. The first-order valence-electron chi connectivity index (χ1n) is 19.6. The Morgan fingerprint density at radius 2 is 1.00 bits per heavy atom. The number of rotatable bonds is 12. The van der Waals surface area contributed by atoms with Crippen molar-refractivity contribution in [2.24, 2.45) is 0 Å². The summed E-state index contributed by atoms with van der Waals surface area (Å²) in [5.74, 6) is 0. The maximum atomic E-state index is 12.6. The van der Waals surface area contributed by atoms with Gasteiger partial charge in [-0.1, -0.05) is 163 Å². The zero-order valence-corrected chi connectivity index (χ0v) is 35.4. The summed E-state index contributed by atoms with van der Waals surface area (Å²) in [7, 11) is -6.04. The topological polar surface area (TPSA) is 122 Å². The smallest absolute Gasteiger partial charge is 0.493 e. The third-order valence-corrected chi connectivity index (χ3v) is 21.4. The Hall–Kier alpha value is -4.12. The number of hydrogen-bond acceptors (Lipinski definition) is 10. The van der Waals surface area contributed by atoms with E-state index in [-0.39, 0.29) is 23.3 Å². The number of benzene rings is 4. The fourth-order valence-electron chi connectivity index (χ4n) is 8.70. The molecule has 0 aromatic heterocycles. The lowest BCUT2D eigenvalue weighted by Gasteiger charge is -2.46. The van der Waals surface area contributed by atoms with Crippen molar-refractivity contribution in [2.45, 2.75) is 101 Å². The number of fused-ring (bicyclic) bond motifs is 1. The van der Waals surface area contributed by atoms with Crippen molar-refractivity contribution < 1.29 is 47.5 Å². The second-order valence-corrected chi connectivity index (χ2v) is 25.6. The molecule has 57 heavy (non-hydrogen) atoms. The quantitative estimate of drug-likeness (QED) is 0.153. The van der Waals surface area contributed by atoms with Gasteiger partial charge in [-0.15, -0.1) is 0 Å². The van der Waals surface area contributed by atoms with Crippen LogP contribution in [0.4, 0.5) is 4.79 Å².